The predicted molar refractivity (Wildman–Crippen MR) is 59.3 cm³/mol. The molecule has 0 aliphatic carbocycles. The van der Waals surface area contributed by atoms with E-state index >= 15 is 0 Å². The molecule has 80 valence electrons. The Kier molecular flexibility index (Phi) is 2.39. The van der Waals surface area contributed by atoms with Crippen molar-refractivity contribution in [1.29, 1.82) is 0 Å². The lowest BCUT2D eigenvalue weighted by Gasteiger charge is -2.33. The fourth-order valence-corrected chi connectivity index (χ4v) is 1.85. The SMILES string of the molecule is CC(=O)N1CC(C)Oc2ccc(C)cc21. The minimum Gasteiger partial charge on any atom is -0.487 e. The molecule has 1 heterocycles. The molecule has 1 unspecified atom stereocenters. The summed E-state index contributed by atoms with van der Waals surface area (Å²) in [5, 5.41) is 0. The molecule has 0 saturated carbocycles. The van der Waals surface area contributed by atoms with E-state index in [0.717, 1.165) is 17.0 Å². The molecule has 0 saturated heterocycles. The van der Waals surface area contributed by atoms with Crippen LogP contribution in [0.25, 0.3) is 0 Å². The van der Waals surface area contributed by atoms with Gasteiger partial charge in [0.2, 0.25) is 5.91 Å². The molecule has 0 bridgehead atoms. The summed E-state index contributed by atoms with van der Waals surface area (Å²) in [5.74, 6) is 0.867. The van der Waals surface area contributed by atoms with Gasteiger partial charge in [-0.2, -0.15) is 0 Å². The number of nitrogens with zero attached hydrogens (tertiary/aromatic N) is 1. The van der Waals surface area contributed by atoms with Crippen LogP contribution in [-0.4, -0.2) is 18.6 Å². The van der Waals surface area contributed by atoms with Crippen LogP contribution >= 0.6 is 0 Å². The van der Waals surface area contributed by atoms with Crippen LogP contribution in [0.3, 0.4) is 0 Å². The molecule has 0 radical (unpaired) electrons. The van der Waals surface area contributed by atoms with E-state index in [4.69, 9.17) is 4.74 Å². The van der Waals surface area contributed by atoms with Crippen LogP contribution in [0, 0.1) is 6.92 Å². The topological polar surface area (TPSA) is 29.5 Å². The van der Waals surface area contributed by atoms with Crippen LogP contribution in [-0.2, 0) is 4.79 Å². The van der Waals surface area contributed by atoms with Crippen LogP contribution < -0.4 is 9.64 Å². The second kappa shape index (κ2) is 3.57. The van der Waals surface area contributed by atoms with Crippen molar-refractivity contribution in [1.82, 2.24) is 0 Å². The summed E-state index contributed by atoms with van der Waals surface area (Å²) in [6.07, 6.45) is 0.0594. The first kappa shape index (κ1) is 10.0. The Bertz CT molecular complexity index is 401. The molecular weight excluding hydrogens is 190 g/mol. The number of benzene rings is 1. The lowest BCUT2D eigenvalue weighted by molar-refractivity contribution is -0.117. The zero-order valence-corrected chi connectivity index (χ0v) is 9.28. The van der Waals surface area contributed by atoms with Crippen molar-refractivity contribution >= 4 is 11.6 Å². The van der Waals surface area contributed by atoms with Gasteiger partial charge in [-0.25, -0.2) is 0 Å². The molecule has 3 heteroatoms. The molecule has 1 amide bonds. The molecular formula is C12H15NO2. The van der Waals surface area contributed by atoms with Gasteiger partial charge in [0.25, 0.3) is 0 Å². The molecule has 3 nitrogen and oxygen atoms in total. The Morgan fingerprint density at radius 1 is 1.53 bits per heavy atom. The summed E-state index contributed by atoms with van der Waals surface area (Å²) in [5.41, 5.74) is 2.03. The van der Waals surface area contributed by atoms with Crippen molar-refractivity contribution in [2.24, 2.45) is 0 Å². The number of hydrogen-bond donors (Lipinski definition) is 0. The predicted octanol–water partition coefficient (Wildman–Crippen LogP) is 2.13. The van der Waals surface area contributed by atoms with E-state index in [0.29, 0.717) is 6.54 Å². The minimum absolute atomic E-state index is 0.0594. The number of carbonyl (C=O) groups is 1. The van der Waals surface area contributed by atoms with Gasteiger partial charge in [-0.1, -0.05) is 6.07 Å². The normalized spacial score (nSPS) is 19.4. The molecule has 1 aromatic rings. The van der Waals surface area contributed by atoms with Gasteiger partial charge in [-0.3, -0.25) is 4.79 Å². The van der Waals surface area contributed by atoms with Crippen molar-refractivity contribution in [3.8, 4) is 5.75 Å². The van der Waals surface area contributed by atoms with Crippen molar-refractivity contribution in [3.63, 3.8) is 0 Å². The van der Waals surface area contributed by atoms with Gasteiger partial charge in [0, 0.05) is 6.92 Å². The van der Waals surface area contributed by atoms with E-state index in [1.54, 1.807) is 11.8 Å². The number of fused-ring (bicyclic) bond motifs is 1. The third-order valence-electron chi connectivity index (χ3n) is 2.55. The van der Waals surface area contributed by atoms with Gasteiger partial charge >= 0.3 is 0 Å². The standard InChI is InChI=1S/C12H15NO2/c1-8-4-5-12-11(6-8)13(10(3)14)7-9(2)15-12/h4-6,9H,7H2,1-3H3. The van der Waals surface area contributed by atoms with Gasteiger partial charge in [0.15, 0.2) is 0 Å². The second-order valence-electron chi connectivity index (χ2n) is 4.03. The average molecular weight is 205 g/mol. The van der Waals surface area contributed by atoms with Gasteiger partial charge < -0.3 is 9.64 Å². The number of carbonyl (C=O) groups excluding carboxylic acids is 1. The number of aryl methyl sites for hydroxylation is 1. The Balaban J connectivity index is 2.47. The van der Waals surface area contributed by atoms with E-state index in [1.807, 2.05) is 32.0 Å². The quantitative estimate of drug-likeness (QED) is 0.649. The van der Waals surface area contributed by atoms with E-state index in [1.165, 1.54) is 0 Å². The smallest absolute Gasteiger partial charge is 0.224 e. The van der Waals surface area contributed by atoms with Gasteiger partial charge in [0.05, 0.1) is 12.2 Å². The third-order valence-corrected chi connectivity index (χ3v) is 2.55. The molecule has 2 rings (SSSR count). The fourth-order valence-electron chi connectivity index (χ4n) is 1.85. The molecule has 1 aliphatic heterocycles. The molecule has 1 aliphatic rings. The maximum absolute atomic E-state index is 11.5. The summed E-state index contributed by atoms with van der Waals surface area (Å²) in [7, 11) is 0. The Hall–Kier alpha value is -1.51. The van der Waals surface area contributed by atoms with Crippen molar-refractivity contribution in [3.05, 3.63) is 23.8 Å². The largest absolute Gasteiger partial charge is 0.487 e. The molecule has 0 spiro atoms. The van der Waals surface area contributed by atoms with Crippen LogP contribution in [0.15, 0.2) is 18.2 Å². The van der Waals surface area contributed by atoms with E-state index in [9.17, 15) is 4.79 Å². The van der Waals surface area contributed by atoms with Crippen molar-refractivity contribution in [2.45, 2.75) is 26.9 Å². The van der Waals surface area contributed by atoms with Crippen molar-refractivity contribution < 1.29 is 9.53 Å². The zero-order chi connectivity index (χ0) is 11.0. The summed E-state index contributed by atoms with van der Waals surface area (Å²) in [6, 6.07) is 5.91. The monoisotopic (exact) mass is 205 g/mol. The van der Waals surface area contributed by atoms with Crippen LogP contribution in [0.4, 0.5) is 5.69 Å². The highest BCUT2D eigenvalue weighted by molar-refractivity contribution is 5.93. The molecule has 1 atom stereocenters. The molecule has 0 fully saturated rings. The van der Waals surface area contributed by atoms with E-state index in [-0.39, 0.29) is 12.0 Å². The minimum atomic E-state index is 0.0594. The molecule has 0 N–H and O–H groups in total. The van der Waals surface area contributed by atoms with Crippen LogP contribution in [0.5, 0.6) is 5.75 Å². The molecule has 15 heavy (non-hydrogen) atoms. The number of rotatable bonds is 0. The van der Waals surface area contributed by atoms with Gasteiger partial charge in [-0.05, 0) is 31.5 Å². The van der Waals surface area contributed by atoms with Crippen LogP contribution in [0.1, 0.15) is 19.4 Å². The molecule has 1 aromatic carbocycles. The fraction of sp³-hybridized carbons (Fsp3) is 0.417. The average Bonchev–Trinajstić information content (AvgIpc) is 2.17. The van der Waals surface area contributed by atoms with Gasteiger partial charge in [-0.15, -0.1) is 0 Å². The number of amides is 1. The Morgan fingerprint density at radius 3 is 2.93 bits per heavy atom. The Labute approximate surface area is 89.7 Å². The first-order valence-corrected chi connectivity index (χ1v) is 5.13. The highest BCUT2D eigenvalue weighted by Crippen LogP contribution is 2.34. The second-order valence-corrected chi connectivity index (χ2v) is 4.03. The first-order chi connectivity index (χ1) is 7.08. The highest BCUT2D eigenvalue weighted by Gasteiger charge is 2.25. The third kappa shape index (κ3) is 1.82. The van der Waals surface area contributed by atoms with Crippen LogP contribution in [0.2, 0.25) is 0 Å². The molecule has 0 aromatic heterocycles. The maximum atomic E-state index is 11.5. The number of ether oxygens (including phenoxy) is 1. The number of hydrogen-bond acceptors (Lipinski definition) is 2. The van der Waals surface area contributed by atoms with E-state index in [2.05, 4.69) is 0 Å². The Morgan fingerprint density at radius 2 is 2.27 bits per heavy atom. The van der Waals surface area contributed by atoms with E-state index < -0.39 is 0 Å². The highest BCUT2D eigenvalue weighted by atomic mass is 16.5. The van der Waals surface area contributed by atoms with Crippen molar-refractivity contribution in [2.75, 3.05) is 11.4 Å². The number of anilines is 1. The summed E-state index contributed by atoms with van der Waals surface area (Å²) >= 11 is 0. The first-order valence-electron chi connectivity index (χ1n) is 5.13. The lowest BCUT2D eigenvalue weighted by atomic mass is 10.1. The van der Waals surface area contributed by atoms with Gasteiger partial charge in [0.1, 0.15) is 11.9 Å². The maximum Gasteiger partial charge on any atom is 0.224 e. The summed E-state index contributed by atoms with van der Waals surface area (Å²) < 4.78 is 5.67. The zero-order valence-electron chi connectivity index (χ0n) is 9.28. The lowest BCUT2D eigenvalue weighted by Crippen LogP contribution is -2.41. The summed E-state index contributed by atoms with van der Waals surface area (Å²) in [4.78, 5) is 13.3. The summed E-state index contributed by atoms with van der Waals surface area (Å²) in [6.45, 7) is 6.20.